The summed E-state index contributed by atoms with van der Waals surface area (Å²) in [5, 5.41) is 19.4. The highest BCUT2D eigenvalue weighted by Gasteiger charge is 2.41. The highest BCUT2D eigenvalue weighted by molar-refractivity contribution is 5.92. The molecule has 7 nitrogen and oxygen atoms in total. The van der Waals surface area contributed by atoms with Crippen molar-refractivity contribution in [2.24, 2.45) is 0 Å². The number of aliphatic hydroxyl groups is 1. The highest BCUT2D eigenvalue weighted by Crippen LogP contribution is 2.38. The number of anilines is 1. The molecule has 2 N–H and O–H groups in total. The first-order chi connectivity index (χ1) is 13.6. The number of nitrogens with zero attached hydrogens (tertiary/aromatic N) is 3. The summed E-state index contributed by atoms with van der Waals surface area (Å²) in [7, 11) is 0. The molecule has 1 unspecified atom stereocenters. The van der Waals surface area contributed by atoms with E-state index < -0.39 is 33.9 Å². The second-order valence-electron chi connectivity index (χ2n) is 8.51. The molecular weight excluding hydrogens is 377 g/mol. The van der Waals surface area contributed by atoms with Crippen LogP contribution in [0.1, 0.15) is 50.4 Å². The minimum absolute atomic E-state index is 0.0476. The number of fused-ring (bicyclic) bond motifs is 1. The lowest BCUT2D eigenvalue weighted by atomic mass is 9.93. The first-order valence-corrected chi connectivity index (χ1v) is 9.55. The molecule has 0 amide bonds. The molecule has 0 aliphatic carbocycles. The number of hydrogen-bond acceptors (Lipinski definition) is 5. The molecule has 0 radical (unpaired) electrons. The smallest absolute Gasteiger partial charge is 0.341 e. The number of aromatic carboxylic acids is 1. The molecule has 0 spiro atoms. The van der Waals surface area contributed by atoms with Gasteiger partial charge in [0, 0.05) is 18.3 Å². The maximum absolute atomic E-state index is 15.1. The Bertz CT molecular complexity index is 1040. The summed E-state index contributed by atoms with van der Waals surface area (Å²) in [5.41, 5.74) is -2.29. The third kappa shape index (κ3) is 3.42. The zero-order valence-electron chi connectivity index (χ0n) is 16.9. The monoisotopic (exact) mass is 403 g/mol. The van der Waals surface area contributed by atoms with Crippen LogP contribution in [0.5, 0.6) is 0 Å². The van der Waals surface area contributed by atoms with Crippen molar-refractivity contribution in [3.8, 4) is 0 Å². The van der Waals surface area contributed by atoms with Crippen molar-refractivity contribution < 1.29 is 19.4 Å². The van der Waals surface area contributed by atoms with Crippen LogP contribution in [0.25, 0.3) is 11.0 Å². The van der Waals surface area contributed by atoms with Gasteiger partial charge in [-0.05, 0) is 46.1 Å². The van der Waals surface area contributed by atoms with Gasteiger partial charge in [-0.3, -0.25) is 4.79 Å². The van der Waals surface area contributed by atoms with Crippen LogP contribution in [0.15, 0.2) is 29.7 Å². The lowest BCUT2D eigenvalue weighted by Gasteiger charge is -2.37. The van der Waals surface area contributed by atoms with Crippen LogP contribution in [-0.2, 0) is 5.54 Å². The van der Waals surface area contributed by atoms with Crippen molar-refractivity contribution in [1.82, 2.24) is 9.55 Å². The topological polar surface area (TPSA) is 95.7 Å². The van der Waals surface area contributed by atoms with E-state index >= 15 is 4.39 Å². The van der Waals surface area contributed by atoms with Crippen LogP contribution in [-0.4, -0.2) is 44.4 Å². The highest BCUT2D eigenvalue weighted by atomic mass is 19.1. The van der Waals surface area contributed by atoms with Gasteiger partial charge in [0.05, 0.1) is 17.5 Å². The van der Waals surface area contributed by atoms with Gasteiger partial charge in [0.15, 0.2) is 11.6 Å². The number of aromatic nitrogens is 2. The predicted octanol–water partition coefficient (Wildman–Crippen LogP) is 2.90. The van der Waals surface area contributed by atoms with E-state index in [0.29, 0.717) is 19.4 Å². The molecule has 3 rings (SSSR count). The van der Waals surface area contributed by atoms with E-state index in [4.69, 9.17) is 0 Å². The Labute approximate surface area is 168 Å². The zero-order valence-corrected chi connectivity index (χ0v) is 16.9. The van der Waals surface area contributed by atoms with E-state index in [0.717, 1.165) is 12.5 Å². The normalized spacial score (nSPS) is 19.7. The van der Waals surface area contributed by atoms with Gasteiger partial charge in [0.2, 0.25) is 5.43 Å². The second-order valence-corrected chi connectivity index (χ2v) is 8.51. The molecule has 1 aliphatic rings. The van der Waals surface area contributed by atoms with E-state index in [-0.39, 0.29) is 23.5 Å². The van der Waals surface area contributed by atoms with Crippen LogP contribution in [0.2, 0.25) is 0 Å². The van der Waals surface area contributed by atoms with Crippen LogP contribution < -0.4 is 10.3 Å². The predicted molar refractivity (Wildman–Crippen MR) is 109 cm³/mol. The average Bonchev–Trinajstić information content (AvgIpc) is 3.05. The molecule has 2 aromatic rings. The molecule has 0 bridgehead atoms. The number of hydrogen-bond donors (Lipinski definition) is 2. The third-order valence-corrected chi connectivity index (χ3v) is 5.54. The zero-order chi connectivity index (χ0) is 21.6. The van der Waals surface area contributed by atoms with E-state index in [2.05, 4.69) is 11.6 Å². The fourth-order valence-electron chi connectivity index (χ4n) is 4.05. The molecule has 8 heteroatoms. The molecule has 3 heterocycles. The fourth-order valence-corrected chi connectivity index (χ4v) is 4.05. The fraction of sp³-hybridized carbons (Fsp3) is 0.476. The van der Waals surface area contributed by atoms with Crippen molar-refractivity contribution in [3.05, 3.63) is 46.5 Å². The summed E-state index contributed by atoms with van der Waals surface area (Å²) >= 11 is 0. The van der Waals surface area contributed by atoms with Crippen molar-refractivity contribution in [2.45, 2.75) is 51.1 Å². The van der Waals surface area contributed by atoms with E-state index in [1.807, 2.05) is 20.8 Å². The minimum atomic E-state index is -1.37. The van der Waals surface area contributed by atoms with Gasteiger partial charge in [-0.25, -0.2) is 14.2 Å². The van der Waals surface area contributed by atoms with Crippen LogP contribution in [0.3, 0.4) is 0 Å². The quantitative estimate of drug-likeness (QED) is 0.746. The van der Waals surface area contributed by atoms with Crippen molar-refractivity contribution >= 4 is 22.8 Å². The maximum Gasteiger partial charge on any atom is 0.341 e. The number of carboxylic acids is 1. The molecule has 1 aliphatic heterocycles. The molecule has 1 saturated heterocycles. The molecular formula is C21H26FN3O4. The van der Waals surface area contributed by atoms with E-state index in [1.54, 1.807) is 15.5 Å². The minimum Gasteiger partial charge on any atom is -0.477 e. The van der Waals surface area contributed by atoms with Gasteiger partial charge in [-0.15, -0.1) is 6.58 Å². The Morgan fingerprint density at radius 1 is 1.45 bits per heavy atom. The summed E-state index contributed by atoms with van der Waals surface area (Å²) < 4.78 is 16.7. The Hall–Kier alpha value is -2.74. The Morgan fingerprint density at radius 2 is 2.14 bits per heavy atom. The summed E-state index contributed by atoms with van der Waals surface area (Å²) in [5.74, 6) is -2.04. The number of aliphatic hydroxyl groups excluding tert-OH is 1. The van der Waals surface area contributed by atoms with Gasteiger partial charge in [0.25, 0.3) is 0 Å². The first kappa shape index (κ1) is 21.0. The number of carboxylic acid groups (broad SMARTS) is 1. The van der Waals surface area contributed by atoms with Crippen LogP contribution in [0.4, 0.5) is 10.2 Å². The summed E-state index contributed by atoms with van der Waals surface area (Å²) in [6.45, 7) is 9.62. The first-order valence-electron chi connectivity index (χ1n) is 9.55. The van der Waals surface area contributed by atoms with Crippen LogP contribution >= 0.6 is 0 Å². The van der Waals surface area contributed by atoms with Crippen LogP contribution in [0, 0.1) is 5.82 Å². The number of carbonyl (C=O) groups is 1. The number of rotatable bonds is 5. The molecule has 0 saturated carbocycles. The molecule has 29 heavy (non-hydrogen) atoms. The lowest BCUT2D eigenvalue weighted by Crippen LogP contribution is -2.47. The standard InChI is InChI=1S/C21H26FN3O4/c1-5-7-21(12-26)8-6-9-24(21)18-15(22)10-13-16(27)14(19(28)29)11-25(17(13)23-18)20(2,3)4/h5,10-11,26H,1,6-9,12H2,2-4H3,(H,28,29). The molecule has 2 aromatic heterocycles. The Balaban J connectivity index is 2.34. The van der Waals surface area contributed by atoms with Gasteiger partial charge >= 0.3 is 5.97 Å². The number of pyridine rings is 2. The van der Waals surface area contributed by atoms with Crippen molar-refractivity contribution in [2.75, 3.05) is 18.1 Å². The van der Waals surface area contributed by atoms with E-state index in [1.165, 1.54) is 6.20 Å². The molecule has 1 atom stereocenters. The lowest BCUT2D eigenvalue weighted by molar-refractivity contribution is 0.0694. The molecule has 0 aromatic carbocycles. The molecule has 156 valence electrons. The summed E-state index contributed by atoms with van der Waals surface area (Å²) in [6.07, 6.45) is 4.84. The van der Waals surface area contributed by atoms with Gasteiger partial charge in [-0.1, -0.05) is 6.08 Å². The van der Waals surface area contributed by atoms with E-state index in [9.17, 15) is 19.8 Å². The van der Waals surface area contributed by atoms with Crippen molar-refractivity contribution in [1.29, 1.82) is 0 Å². The SMILES string of the molecule is C=CCC1(CO)CCCN1c1nc2c(cc1F)c(=O)c(C(=O)O)cn2C(C)(C)C. The van der Waals surface area contributed by atoms with Gasteiger partial charge < -0.3 is 19.7 Å². The largest absolute Gasteiger partial charge is 0.477 e. The van der Waals surface area contributed by atoms with Gasteiger partial charge in [0.1, 0.15) is 11.2 Å². The maximum atomic E-state index is 15.1. The third-order valence-electron chi connectivity index (χ3n) is 5.54. The number of halogens is 1. The Kier molecular flexibility index (Phi) is 5.25. The summed E-state index contributed by atoms with van der Waals surface area (Å²) in [4.78, 5) is 30.4. The van der Waals surface area contributed by atoms with Crippen molar-refractivity contribution in [3.63, 3.8) is 0 Å². The summed E-state index contributed by atoms with van der Waals surface area (Å²) in [6, 6.07) is 1.06. The second kappa shape index (κ2) is 7.26. The average molecular weight is 403 g/mol. The van der Waals surface area contributed by atoms with Gasteiger partial charge in [-0.2, -0.15) is 0 Å². The molecule has 1 fully saturated rings. The Morgan fingerprint density at radius 3 is 2.69 bits per heavy atom.